The third kappa shape index (κ3) is 5.63. The summed E-state index contributed by atoms with van der Waals surface area (Å²) in [5.41, 5.74) is -0.809. The molecule has 1 aromatic heterocycles. The fourth-order valence-corrected chi connectivity index (χ4v) is 4.14. The second-order valence-electron chi connectivity index (χ2n) is 8.14. The molecule has 1 unspecified atom stereocenters. The third-order valence-electron chi connectivity index (χ3n) is 5.77. The second-order valence-corrected chi connectivity index (χ2v) is 8.57. The Labute approximate surface area is 205 Å². The van der Waals surface area contributed by atoms with Gasteiger partial charge in [-0.05, 0) is 47.5 Å². The van der Waals surface area contributed by atoms with Crippen LogP contribution in [0.15, 0.2) is 91.1 Å². The number of para-hydroxylation sites is 1. The fraction of sp³-hybridized carbons (Fsp3) is 0.148. The Morgan fingerprint density at radius 2 is 1.54 bits per heavy atom. The number of hydrogen-bond acceptors (Lipinski definition) is 3. The molecule has 0 bridgehead atoms. The first-order valence-electron chi connectivity index (χ1n) is 10.7. The SMILES string of the molecule is Oc1ccccc1CNC(Cc1ccccc1)(c1cc(F)cc(C(F)(F)F)c1)c1ccc(Cl)cn1. The molecule has 0 saturated heterocycles. The summed E-state index contributed by atoms with van der Waals surface area (Å²) >= 11 is 6.05. The summed E-state index contributed by atoms with van der Waals surface area (Å²) < 4.78 is 55.6. The predicted molar refractivity (Wildman–Crippen MR) is 127 cm³/mol. The summed E-state index contributed by atoms with van der Waals surface area (Å²) in [6.07, 6.45) is -3.21. The second kappa shape index (κ2) is 10.1. The van der Waals surface area contributed by atoms with E-state index in [9.17, 15) is 22.7 Å². The Bertz CT molecular complexity index is 1300. The van der Waals surface area contributed by atoms with Crippen molar-refractivity contribution in [3.05, 3.63) is 130 Å². The van der Waals surface area contributed by atoms with Crippen LogP contribution >= 0.6 is 11.6 Å². The number of nitrogens with zero attached hydrogens (tertiary/aromatic N) is 1. The standard InChI is InChI=1S/C27H21ClF4N2O/c28-22-10-11-25(33-17-22)26(15-18-6-2-1-3-7-18,34-16-19-8-4-5-9-24(19)35)20-12-21(27(30,31)32)14-23(29)13-20/h1-14,17,34-35H,15-16H2. The molecule has 0 aliphatic carbocycles. The number of alkyl halides is 3. The predicted octanol–water partition coefficient (Wildman–Crippen LogP) is 6.87. The summed E-state index contributed by atoms with van der Waals surface area (Å²) in [5.74, 6) is -1.00. The number of phenols is 1. The highest BCUT2D eigenvalue weighted by Gasteiger charge is 2.39. The number of nitrogens with one attached hydrogen (secondary N) is 1. The molecular formula is C27H21ClF4N2O. The number of phenolic OH excluding ortho intramolecular Hbond substituents is 1. The molecule has 0 amide bonds. The van der Waals surface area contributed by atoms with Crippen LogP contribution in [0.3, 0.4) is 0 Å². The maximum Gasteiger partial charge on any atom is 0.416 e. The van der Waals surface area contributed by atoms with Crippen molar-refractivity contribution < 1.29 is 22.7 Å². The van der Waals surface area contributed by atoms with Gasteiger partial charge in [0.2, 0.25) is 0 Å². The fourth-order valence-electron chi connectivity index (χ4n) is 4.03. The largest absolute Gasteiger partial charge is 0.508 e. The Hall–Kier alpha value is -3.42. The molecule has 2 N–H and O–H groups in total. The van der Waals surface area contributed by atoms with Crippen molar-refractivity contribution in [2.75, 3.05) is 0 Å². The molecule has 1 heterocycles. The van der Waals surface area contributed by atoms with Gasteiger partial charge in [0.05, 0.1) is 21.8 Å². The number of halogens is 5. The lowest BCUT2D eigenvalue weighted by Gasteiger charge is -2.36. The van der Waals surface area contributed by atoms with Gasteiger partial charge in [0, 0.05) is 24.7 Å². The lowest BCUT2D eigenvalue weighted by Crippen LogP contribution is -2.46. The Balaban J connectivity index is 1.94. The number of hydrogen-bond donors (Lipinski definition) is 2. The van der Waals surface area contributed by atoms with Crippen LogP contribution in [0.4, 0.5) is 17.6 Å². The molecule has 35 heavy (non-hydrogen) atoms. The molecule has 0 aliphatic rings. The number of rotatable bonds is 7. The van der Waals surface area contributed by atoms with E-state index in [0.29, 0.717) is 22.3 Å². The molecule has 0 fully saturated rings. The first-order chi connectivity index (χ1) is 16.7. The van der Waals surface area contributed by atoms with Crippen LogP contribution in [0, 0.1) is 5.82 Å². The van der Waals surface area contributed by atoms with E-state index in [1.807, 2.05) is 30.3 Å². The monoisotopic (exact) mass is 500 g/mol. The summed E-state index contributed by atoms with van der Waals surface area (Å²) in [4.78, 5) is 4.42. The minimum absolute atomic E-state index is 0.0212. The molecule has 8 heteroatoms. The zero-order chi connectivity index (χ0) is 25.1. The Morgan fingerprint density at radius 1 is 0.857 bits per heavy atom. The van der Waals surface area contributed by atoms with E-state index < -0.39 is 23.1 Å². The van der Waals surface area contributed by atoms with Gasteiger partial charge in [0.15, 0.2) is 0 Å². The van der Waals surface area contributed by atoms with Crippen LogP contribution in [-0.2, 0) is 24.7 Å². The molecule has 180 valence electrons. The molecule has 3 nitrogen and oxygen atoms in total. The van der Waals surface area contributed by atoms with E-state index in [4.69, 9.17) is 11.6 Å². The van der Waals surface area contributed by atoms with Gasteiger partial charge >= 0.3 is 6.18 Å². The quantitative estimate of drug-likeness (QED) is 0.272. The van der Waals surface area contributed by atoms with Crippen LogP contribution in [0.2, 0.25) is 5.02 Å². The van der Waals surface area contributed by atoms with Gasteiger partial charge < -0.3 is 5.11 Å². The van der Waals surface area contributed by atoms with Crippen molar-refractivity contribution >= 4 is 11.6 Å². The summed E-state index contributed by atoms with van der Waals surface area (Å²) in [7, 11) is 0. The molecule has 4 rings (SSSR count). The number of aromatic hydroxyl groups is 1. The summed E-state index contributed by atoms with van der Waals surface area (Å²) in [6, 6.07) is 21.4. The van der Waals surface area contributed by atoms with Gasteiger partial charge in [-0.15, -0.1) is 0 Å². The van der Waals surface area contributed by atoms with Crippen molar-refractivity contribution in [2.45, 2.75) is 24.7 Å². The highest BCUT2D eigenvalue weighted by Crippen LogP contribution is 2.38. The summed E-state index contributed by atoms with van der Waals surface area (Å²) in [5, 5.41) is 13.9. The van der Waals surface area contributed by atoms with Crippen LogP contribution in [0.1, 0.15) is 27.9 Å². The first-order valence-corrected chi connectivity index (χ1v) is 11.1. The van der Waals surface area contributed by atoms with Crippen molar-refractivity contribution in [1.82, 2.24) is 10.3 Å². The van der Waals surface area contributed by atoms with E-state index >= 15 is 0 Å². The van der Waals surface area contributed by atoms with Crippen molar-refractivity contribution in [2.24, 2.45) is 0 Å². The van der Waals surface area contributed by atoms with Gasteiger partial charge in [0.1, 0.15) is 11.6 Å². The van der Waals surface area contributed by atoms with Crippen molar-refractivity contribution in [3.8, 4) is 5.75 Å². The van der Waals surface area contributed by atoms with E-state index in [1.165, 1.54) is 12.3 Å². The first kappa shape index (κ1) is 24.7. The maximum absolute atomic E-state index is 14.6. The minimum atomic E-state index is -4.75. The van der Waals surface area contributed by atoms with Crippen LogP contribution in [0.25, 0.3) is 0 Å². The van der Waals surface area contributed by atoms with E-state index in [0.717, 1.165) is 17.7 Å². The third-order valence-corrected chi connectivity index (χ3v) is 5.99. The molecular weight excluding hydrogens is 480 g/mol. The summed E-state index contributed by atoms with van der Waals surface area (Å²) in [6.45, 7) is 0.0711. The number of benzene rings is 3. The smallest absolute Gasteiger partial charge is 0.416 e. The van der Waals surface area contributed by atoms with Gasteiger partial charge in [-0.1, -0.05) is 60.1 Å². The average molecular weight is 501 g/mol. The Kier molecular flexibility index (Phi) is 7.10. The molecule has 4 aromatic rings. The zero-order valence-electron chi connectivity index (χ0n) is 18.4. The normalized spacial score (nSPS) is 13.4. The van der Waals surface area contributed by atoms with E-state index in [-0.39, 0.29) is 24.3 Å². The lowest BCUT2D eigenvalue weighted by atomic mass is 9.79. The zero-order valence-corrected chi connectivity index (χ0v) is 19.1. The highest BCUT2D eigenvalue weighted by molar-refractivity contribution is 6.30. The molecule has 0 saturated carbocycles. The molecule has 0 aliphatic heterocycles. The Morgan fingerprint density at radius 3 is 2.20 bits per heavy atom. The minimum Gasteiger partial charge on any atom is -0.508 e. The molecule has 0 radical (unpaired) electrons. The topological polar surface area (TPSA) is 45.1 Å². The van der Waals surface area contributed by atoms with Crippen molar-refractivity contribution in [1.29, 1.82) is 0 Å². The highest BCUT2D eigenvalue weighted by atomic mass is 35.5. The van der Waals surface area contributed by atoms with Gasteiger partial charge in [-0.25, -0.2) is 4.39 Å². The molecule has 0 spiro atoms. The average Bonchev–Trinajstić information content (AvgIpc) is 2.83. The maximum atomic E-state index is 14.6. The molecule has 1 atom stereocenters. The van der Waals surface area contributed by atoms with Gasteiger partial charge in [0.25, 0.3) is 0 Å². The number of aromatic nitrogens is 1. The van der Waals surface area contributed by atoms with E-state index in [2.05, 4.69) is 10.3 Å². The molecule has 3 aromatic carbocycles. The lowest BCUT2D eigenvalue weighted by molar-refractivity contribution is -0.137. The number of pyridine rings is 1. The van der Waals surface area contributed by atoms with Gasteiger partial charge in [-0.2, -0.15) is 13.2 Å². The van der Waals surface area contributed by atoms with Gasteiger partial charge in [-0.3, -0.25) is 10.3 Å². The van der Waals surface area contributed by atoms with Crippen LogP contribution in [0.5, 0.6) is 5.75 Å². The van der Waals surface area contributed by atoms with E-state index in [1.54, 1.807) is 30.3 Å². The van der Waals surface area contributed by atoms with Crippen LogP contribution < -0.4 is 5.32 Å². The van der Waals surface area contributed by atoms with Crippen LogP contribution in [-0.4, -0.2) is 10.1 Å². The van der Waals surface area contributed by atoms with Crippen molar-refractivity contribution in [3.63, 3.8) is 0 Å².